The molecule has 0 aliphatic carbocycles. The Morgan fingerprint density at radius 2 is 1.60 bits per heavy atom. The third-order valence-electron chi connectivity index (χ3n) is 10.2. The highest BCUT2D eigenvalue weighted by Gasteiger charge is 2.52. The summed E-state index contributed by atoms with van der Waals surface area (Å²) in [4.78, 5) is 19.9. The zero-order valence-corrected chi connectivity index (χ0v) is 28.6. The Morgan fingerprint density at radius 3 is 2.09 bits per heavy atom. The molecular formula is C32H60N2O9. The molecule has 2 aliphatic heterocycles. The Hall–Kier alpha value is -1.18. The van der Waals surface area contributed by atoms with Gasteiger partial charge in [-0.3, -0.25) is 9.79 Å². The number of carbonyl (C=O) groups is 1. The third kappa shape index (κ3) is 7.98. The molecule has 0 aromatic rings. The maximum atomic E-state index is 13.4. The van der Waals surface area contributed by atoms with Gasteiger partial charge in [0.05, 0.1) is 35.9 Å². The van der Waals surface area contributed by atoms with Crippen LogP contribution in [-0.2, 0) is 23.7 Å². The van der Waals surface area contributed by atoms with Crippen LogP contribution < -0.4 is 0 Å². The minimum absolute atomic E-state index is 0.0461. The second-order valence-electron chi connectivity index (χ2n) is 13.8. The zero-order valence-electron chi connectivity index (χ0n) is 28.6. The average Bonchev–Trinajstić information content (AvgIpc) is 2.93. The van der Waals surface area contributed by atoms with E-state index >= 15 is 0 Å². The summed E-state index contributed by atoms with van der Waals surface area (Å²) in [6, 6.07) is -0.0461. The predicted octanol–water partition coefficient (Wildman–Crippen LogP) is 2.26. The summed E-state index contributed by atoms with van der Waals surface area (Å²) in [7, 11) is 7.17. The van der Waals surface area contributed by atoms with Crippen LogP contribution in [0.5, 0.6) is 0 Å². The van der Waals surface area contributed by atoms with Gasteiger partial charge in [-0.1, -0.05) is 34.6 Å². The number of cyclic esters (lactones) is 1. The van der Waals surface area contributed by atoms with Gasteiger partial charge in [-0.15, -0.1) is 0 Å². The van der Waals surface area contributed by atoms with E-state index in [0.717, 1.165) is 0 Å². The van der Waals surface area contributed by atoms with E-state index in [2.05, 4.69) is 16.8 Å². The van der Waals surface area contributed by atoms with E-state index in [1.807, 2.05) is 27.9 Å². The number of aliphatic hydroxyl groups excluding tert-OH is 2. The van der Waals surface area contributed by atoms with E-state index in [0.29, 0.717) is 5.71 Å². The van der Waals surface area contributed by atoms with E-state index < -0.39 is 71.7 Å². The largest absolute Gasteiger partial charge is 0.459 e. The van der Waals surface area contributed by atoms with Gasteiger partial charge in [0.2, 0.25) is 0 Å². The number of hydrogen-bond donors (Lipinski definition) is 4. The van der Waals surface area contributed by atoms with Crippen molar-refractivity contribution in [3.05, 3.63) is 0 Å². The van der Waals surface area contributed by atoms with Crippen LogP contribution in [0.15, 0.2) is 4.99 Å². The number of aliphatic imine (C=N–C) groups is 1. The molecule has 2 saturated heterocycles. The number of methoxy groups -OCH3 is 1. The Morgan fingerprint density at radius 1 is 1.02 bits per heavy atom. The fourth-order valence-corrected chi connectivity index (χ4v) is 7.47. The molecule has 252 valence electrons. The van der Waals surface area contributed by atoms with Crippen LogP contribution in [0.2, 0.25) is 0 Å². The van der Waals surface area contributed by atoms with Crippen LogP contribution in [0.3, 0.4) is 0 Å². The Labute approximate surface area is 258 Å². The fourth-order valence-electron chi connectivity index (χ4n) is 7.47. The highest BCUT2D eigenvalue weighted by atomic mass is 16.7. The standard InChI is InChI=1S/C32H60N2O9/c1-14-22-32(9,39)27(36)18(4)23(33-10)16(2)15-31(8,38)28(19(5)25(35)20(6)29(37)42-22)43-30-26(40-13)24(34(11)12)17(3)21(7)41-30/h16-22,24-28,30,35-36,38-39H,14-15H2,1-13H3/t16-,17-,18+,19+,20-,21-,22-,24+,25+,26-,27-,28-,30+,31-,32-/m1/s1. The second kappa shape index (κ2) is 14.9. The molecule has 0 aromatic carbocycles. The molecule has 0 bridgehead atoms. The van der Waals surface area contributed by atoms with E-state index in [-0.39, 0.29) is 36.8 Å². The van der Waals surface area contributed by atoms with E-state index in [1.54, 1.807) is 48.8 Å². The van der Waals surface area contributed by atoms with Crippen molar-refractivity contribution in [2.24, 2.45) is 34.6 Å². The lowest BCUT2D eigenvalue weighted by Crippen LogP contribution is -2.62. The van der Waals surface area contributed by atoms with E-state index in [9.17, 15) is 25.2 Å². The highest BCUT2D eigenvalue weighted by Crippen LogP contribution is 2.39. The lowest BCUT2D eigenvalue weighted by Gasteiger charge is -2.50. The zero-order chi connectivity index (χ0) is 33.2. The molecule has 11 heteroatoms. The summed E-state index contributed by atoms with van der Waals surface area (Å²) < 4.78 is 24.6. The van der Waals surface area contributed by atoms with Crippen molar-refractivity contribution in [1.29, 1.82) is 0 Å². The minimum atomic E-state index is -1.79. The second-order valence-corrected chi connectivity index (χ2v) is 13.8. The van der Waals surface area contributed by atoms with Crippen LogP contribution in [0, 0.1) is 29.6 Å². The van der Waals surface area contributed by atoms with Crippen LogP contribution in [0.1, 0.15) is 75.2 Å². The lowest BCUT2D eigenvalue weighted by atomic mass is 9.73. The molecule has 0 amide bonds. The van der Waals surface area contributed by atoms with Crippen LogP contribution in [0.4, 0.5) is 0 Å². The molecule has 2 fully saturated rings. The monoisotopic (exact) mass is 616 g/mol. The predicted molar refractivity (Wildman–Crippen MR) is 165 cm³/mol. The Balaban J connectivity index is 2.64. The molecule has 0 radical (unpaired) electrons. The number of rotatable bonds is 5. The molecule has 2 aliphatic rings. The van der Waals surface area contributed by atoms with Gasteiger partial charge < -0.3 is 44.3 Å². The average molecular weight is 617 g/mol. The molecule has 0 unspecified atom stereocenters. The fraction of sp³-hybridized carbons (Fsp3) is 0.938. The van der Waals surface area contributed by atoms with Crippen molar-refractivity contribution in [2.45, 2.75) is 135 Å². The summed E-state index contributed by atoms with van der Waals surface area (Å²) >= 11 is 0. The number of esters is 1. The van der Waals surface area contributed by atoms with Gasteiger partial charge >= 0.3 is 5.97 Å². The van der Waals surface area contributed by atoms with Crippen LogP contribution in [0.25, 0.3) is 0 Å². The molecule has 15 atom stereocenters. The molecule has 2 rings (SSSR count). The molecule has 4 N–H and O–H groups in total. The first-order valence-corrected chi connectivity index (χ1v) is 15.8. The van der Waals surface area contributed by atoms with Crippen molar-refractivity contribution in [1.82, 2.24) is 4.90 Å². The quantitative estimate of drug-likeness (QED) is 0.339. The number of nitrogens with zero attached hydrogens (tertiary/aromatic N) is 2. The first-order valence-electron chi connectivity index (χ1n) is 15.8. The van der Waals surface area contributed by atoms with E-state index in [4.69, 9.17) is 18.9 Å². The summed E-state index contributed by atoms with van der Waals surface area (Å²) in [6.45, 7) is 15.9. The van der Waals surface area contributed by atoms with E-state index in [1.165, 1.54) is 6.92 Å². The summed E-state index contributed by atoms with van der Waals surface area (Å²) in [5.74, 6) is -3.35. The van der Waals surface area contributed by atoms with Gasteiger partial charge in [0.25, 0.3) is 0 Å². The number of likely N-dealkylation sites (N-methyl/N-ethyl adjacent to an activating group) is 1. The van der Waals surface area contributed by atoms with Crippen molar-refractivity contribution in [3.63, 3.8) is 0 Å². The van der Waals surface area contributed by atoms with Gasteiger partial charge in [-0.2, -0.15) is 0 Å². The molecular weight excluding hydrogens is 556 g/mol. The summed E-state index contributed by atoms with van der Waals surface area (Å²) in [6.07, 6.45) is -5.78. The smallest absolute Gasteiger partial charge is 0.311 e. The number of ether oxygens (including phenoxy) is 4. The SMILES string of the molecule is CC[C@H]1OC(=O)[C@H](C)[C@@H](O)[C@H](C)[C@@H](O[C@@H]2O[C@H](C)[C@@H](C)[C@H](N(C)C)[C@H]2OC)[C@](C)(O)C[C@@H](C)C(=NC)[C@H](C)[C@@H](O)[C@]1(C)O. The van der Waals surface area contributed by atoms with Crippen molar-refractivity contribution < 1.29 is 44.2 Å². The molecule has 2 heterocycles. The maximum absolute atomic E-state index is 13.4. The Bertz CT molecular complexity index is 942. The lowest BCUT2D eigenvalue weighted by molar-refractivity contribution is -0.312. The van der Waals surface area contributed by atoms with Crippen molar-refractivity contribution in [2.75, 3.05) is 28.3 Å². The number of hydrogen-bond acceptors (Lipinski definition) is 11. The molecule has 43 heavy (non-hydrogen) atoms. The normalized spacial score (nSPS) is 48.7. The van der Waals surface area contributed by atoms with Gasteiger partial charge in [0.1, 0.15) is 17.8 Å². The van der Waals surface area contributed by atoms with Gasteiger partial charge in [0, 0.05) is 43.7 Å². The molecule has 0 saturated carbocycles. The minimum Gasteiger partial charge on any atom is -0.459 e. The number of aliphatic hydroxyl groups is 4. The van der Waals surface area contributed by atoms with Crippen molar-refractivity contribution in [3.8, 4) is 0 Å². The molecule has 0 aromatic heterocycles. The first-order chi connectivity index (χ1) is 19.8. The maximum Gasteiger partial charge on any atom is 0.311 e. The third-order valence-corrected chi connectivity index (χ3v) is 10.2. The van der Waals surface area contributed by atoms with Gasteiger partial charge in [0.15, 0.2) is 6.29 Å². The van der Waals surface area contributed by atoms with Gasteiger partial charge in [-0.05, 0) is 60.5 Å². The van der Waals surface area contributed by atoms with Crippen molar-refractivity contribution >= 4 is 11.7 Å². The van der Waals surface area contributed by atoms with Crippen LogP contribution in [-0.4, -0.2) is 125 Å². The number of carbonyl (C=O) groups excluding carboxylic acids is 1. The summed E-state index contributed by atoms with van der Waals surface area (Å²) in [5.41, 5.74) is -2.76. The topological polar surface area (TPSA) is 151 Å². The van der Waals surface area contributed by atoms with Crippen LogP contribution >= 0.6 is 0 Å². The first kappa shape index (κ1) is 38.0. The molecule has 0 spiro atoms. The summed E-state index contributed by atoms with van der Waals surface area (Å²) in [5, 5.41) is 46.5. The highest BCUT2D eigenvalue weighted by molar-refractivity contribution is 5.89. The Kier molecular flexibility index (Phi) is 13.2. The molecule has 11 nitrogen and oxygen atoms in total. The van der Waals surface area contributed by atoms with Gasteiger partial charge in [-0.25, -0.2) is 0 Å².